The van der Waals surface area contributed by atoms with Gasteiger partial charge in [-0.25, -0.2) is 9.07 Å². The van der Waals surface area contributed by atoms with Crippen molar-refractivity contribution >= 4 is 0 Å². The van der Waals surface area contributed by atoms with Crippen molar-refractivity contribution in [2.45, 2.75) is 46.4 Å². The Kier molecular flexibility index (Phi) is 9.21. The first-order valence-corrected chi connectivity index (χ1v) is 11.8. The number of hydrogen-bond acceptors (Lipinski definition) is 5. The van der Waals surface area contributed by atoms with Crippen molar-refractivity contribution in [2.24, 2.45) is 13.0 Å². The molecule has 7 heteroatoms. The smallest absolute Gasteiger partial charge is 0.222 e. The van der Waals surface area contributed by atoms with Crippen LogP contribution in [0.1, 0.15) is 33.3 Å². The van der Waals surface area contributed by atoms with Gasteiger partial charge in [-0.1, -0.05) is 50.2 Å². The monoisotopic (exact) mass is 469 g/mol. The Balaban J connectivity index is 1.91. The van der Waals surface area contributed by atoms with E-state index in [2.05, 4.69) is 32.6 Å². The van der Waals surface area contributed by atoms with Gasteiger partial charge in [-0.3, -0.25) is 4.90 Å². The summed E-state index contributed by atoms with van der Waals surface area (Å²) < 4.78 is 27.3. The number of aliphatic hydroxyl groups excluding tert-OH is 1. The third kappa shape index (κ3) is 7.13. The lowest BCUT2D eigenvalue weighted by Crippen LogP contribution is -2.39. The van der Waals surface area contributed by atoms with E-state index in [1.807, 2.05) is 37.4 Å². The Hall–Kier alpha value is -2.74. The lowest BCUT2D eigenvalue weighted by Gasteiger charge is -2.29. The molecule has 0 saturated carbocycles. The number of rotatable bonds is 12. The summed E-state index contributed by atoms with van der Waals surface area (Å²) in [6, 6.07) is 16.1. The first kappa shape index (κ1) is 25.9. The van der Waals surface area contributed by atoms with Gasteiger partial charge in [0.15, 0.2) is 0 Å². The van der Waals surface area contributed by atoms with Gasteiger partial charge in [0, 0.05) is 44.4 Å². The Labute approximate surface area is 201 Å². The summed E-state index contributed by atoms with van der Waals surface area (Å²) in [4.78, 5) is 2.17. The molecule has 0 bridgehead atoms. The number of aryl methyl sites for hydroxylation is 1. The van der Waals surface area contributed by atoms with Gasteiger partial charge in [-0.15, -0.1) is 0 Å². The molecule has 0 radical (unpaired) electrons. The highest BCUT2D eigenvalue weighted by molar-refractivity contribution is 5.65. The SMILES string of the molecule is CC(C)COCC(O)CN(Cc1c(-c2ccccc2)nn(C)c1Oc1cccc(F)c1)C(C)C. The van der Waals surface area contributed by atoms with Crippen molar-refractivity contribution in [2.75, 3.05) is 19.8 Å². The quantitative estimate of drug-likeness (QED) is 0.392. The van der Waals surface area contributed by atoms with Crippen LogP contribution in [0.25, 0.3) is 11.3 Å². The van der Waals surface area contributed by atoms with Gasteiger partial charge < -0.3 is 14.6 Å². The van der Waals surface area contributed by atoms with Gasteiger partial charge >= 0.3 is 0 Å². The third-order valence-corrected chi connectivity index (χ3v) is 5.44. The van der Waals surface area contributed by atoms with Gasteiger partial charge in [0.05, 0.1) is 18.3 Å². The molecule has 34 heavy (non-hydrogen) atoms. The minimum Gasteiger partial charge on any atom is -0.439 e. The van der Waals surface area contributed by atoms with Crippen LogP contribution in [0.4, 0.5) is 4.39 Å². The molecule has 0 aliphatic rings. The highest BCUT2D eigenvalue weighted by Gasteiger charge is 2.24. The maximum atomic E-state index is 13.8. The number of aliphatic hydroxyl groups is 1. The van der Waals surface area contributed by atoms with Crippen LogP contribution in [0, 0.1) is 11.7 Å². The molecule has 0 amide bonds. The molecule has 0 aliphatic heterocycles. The van der Waals surface area contributed by atoms with E-state index in [9.17, 15) is 9.50 Å². The Morgan fingerprint density at radius 1 is 1.03 bits per heavy atom. The number of benzene rings is 2. The zero-order chi connectivity index (χ0) is 24.7. The van der Waals surface area contributed by atoms with Gasteiger partial charge in [-0.05, 0) is 31.9 Å². The molecule has 1 N–H and O–H groups in total. The molecule has 2 aromatic carbocycles. The topological polar surface area (TPSA) is 59.8 Å². The molecule has 0 saturated heterocycles. The van der Waals surface area contributed by atoms with Crippen molar-refractivity contribution < 1.29 is 19.0 Å². The minimum atomic E-state index is -0.620. The number of ether oxygens (including phenoxy) is 2. The van der Waals surface area contributed by atoms with Crippen molar-refractivity contribution in [3.8, 4) is 22.9 Å². The van der Waals surface area contributed by atoms with E-state index in [0.29, 0.717) is 37.2 Å². The van der Waals surface area contributed by atoms with Crippen LogP contribution in [0.3, 0.4) is 0 Å². The van der Waals surface area contributed by atoms with Crippen LogP contribution in [0.15, 0.2) is 54.6 Å². The summed E-state index contributed by atoms with van der Waals surface area (Å²) in [6.07, 6.45) is -0.620. The van der Waals surface area contributed by atoms with Gasteiger partial charge in [0.25, 0.3) is 0 Å². The van der Waals surface area contributed by atoms with Crippen LogP contribution >= 0.6 is 0 Å². The van der Waals surface area contributed by atoms with Crippen molar-refractivity contribution in [1.82, 2.24) is 14.7 Å². The maximum Gasteiger partial charge on any atom is 0.222 e. The molecular formula is C27H36FN3O3. The van der Waals surface area contributed by atoms with Gasteiger partial charge in [0.2, 0.25) is 5.88 Å². The largest absolute Gasteiger partial charge is 0.439 e. The Bertz CT molecular complexity index is 1040. The van der Waals surface area contributed by atoms with E-state index in [-0.39, 0.29) is 18.5 Å². The maximum absolute atomic E-state index is 13.8. The predicted molar refractivity (Wildman–Crippen MR) is 132 cm³/mol. The summed E-state index contributed by atoms with van der Waals surface area (Å²) in [5.41, 5.74) is 2.64. The molecule has 1 atom stereocenters. The first-order valence-electron chi connectivity index (χ1n) is 11.8. The van der Waals surface area contributed by atoms with Gasteiger partial charge in [-0.2, -0.15) is 5.10 Å². The van der Waals surface area contributed by atoms with E-state index in [1.165, 1.54) is 12.1 Å². The average Bonchev–Trinajstić information content (AvgIpc) is 3.08. The zero-order valence-corrected chi connectivity index (χ0v) is 20.7. The molecule has 0 aliphatic carbocycles. The molecule has 3 aromatic rings. The molecule has 3 rings (SSSR count). The zero-order valence-electron chi connectivity index (χ0n) is 20.7. The third-order valence-electron chi connectivity index (χ3n) is 5.44. The van der Waals surface area contributed by atoms with E-state index < -0.39 is 6.10 Å². The Morgan fingerprint density at radius 2 is 1.76 bits per heavy atom. The molecule has 0 fully saturated rings. The Morgan fingerprint density at radius 3 is 2.41 bits per heavy atom. The van der Waals surface area contributed by atoms with E-state index in [4.69, 9.17) is 14.6 Å². The fourth-order valence-electron chi connectivity index (χ4n) is 3.72. The van der Waals surface area contributed by atoms with E-state index >= 15 is 0 Å². The molecule has 1 aromatic heterocycles. The van der Waals surface area contributed by atoms with E-state index in [0.717, 1.165) is 16.8 Å². The molecular weight excluding hydrogens is 433 g/mol. The van der Waals surface area contributed by atoms with E-state index in [1.54, 1.807) is 16.8 Å². The molecule has 1 heterocycles. The summed E-state index contributed by atoms with van der Waals surface area (Å²) in [5, 5.41) is 15.4. The van der Waals surface area contributed by atoms with Gasteiger partial charge in [0.1, 0.15) is 17.3 Å². The highest BCUT2D eigenvalue weighted by atomic mass is 19.1. The number of nitrogens with zero attached hydrogens (tertiary/aromatic N) is 3. The summed E-state index contributed by atoms with van der Waals surface area (Å²) in [6.45, 7) is 10.2. The summed E-state index contributed by atoms with van der Waals surface area (Å²) in [7, 11) is 1.82. The first-order chi connectivity index (χ1) is 16.2. The highest BCUT2D eigenvalue weighted by Crippen LogP contribution is 2.34. The van der Waals surface area contributed by atoms with Crippen LogP contribution in [-0.2, 0) is 18.3 Å². The van der Waals surface area contributed by atoms with Crippen LogP contribution in [0.2, 0.25) is 0 Å². The number of hydrogen-bond donors (Lipinski definition) is 1. The second kappa shape index (κ2) is 12.1. The molecule has 1 unspecified atom stereocenters. The lowest BCUT2D eigenvalue weighted by atomic mass is 10.1. The van der Waals surface area contributed by atoms with Crippen molar-refractivity contribution in [1.29, 1.82) is 0 Å². The average molecular weight is 470 g/mol. The van der Waals surface area contributed by atoms with Crippen molar-refractivity contribution in [3.05, 3.63) is 66.0 Å². The molecule has 6 nitrogen and oxygen atoms in total. The fourth-order valence-corrected chi connectivity index (χ4v) is 3.72. The molecule has 0 spiro atoms. The standard InChI is InChI=1S/C27H36FN3O3/c1-19(2)17-33-18-23(32)15-31(20(3)4)16-25-26(21-10-7-6-8-11-21)29-30(5)27(25)34-24-13-9-12-22(28)14-24/h6-14,19-20,23,32H,15-18H2,1-5H3. The predicted octanol–water partition coefficient (Wildman–Crippen LogP) is 5.26. The second-order valence-corrected chi connectivity index (χ2v) is 9.29. The normalized spacial score (nSPS) is 12.6. The lowest BCUT2D eigenvalue weighted by molar-refractivity contribution is 0.00166. The van der Waals surface area contributed by atoms with Crippen LogP contribution in [0.5, 0.6) is 11.6 Å². The van der Waals surface area contributed by atoms with Crippen LogP contribution < -0.4 is 4.74 Å². The van der Waals surface area contributed by atoms with Crippen LogP contribution in [-0.4, -0.2) is 51.7 Å². The van der Waals surface area contributed by atoms with Crippen molar-refractivity contribution in [3.63, 3.8) is 0 Å². The number of aromatic nitrogens is 2. The number of halogens is 1. The summed E-state index contributed by atoms with van der Waals surface area (Å²) in [5.74, 6) is 1.00. The second-order valence-electron chi connectivity index (χ2n) is 9.29. The summed E-state index contributed by atoms with van der Waals surface area (Å²) >= 11 is 0. The molecule has 184 valence electrons. The minimum absolute atomic E-state index is 0.158. The fraction of sp³-hybridized carbons (Fsp3) is 0.444.